The molecule has 0 saturated carbocycles. The van der Waals surface area contributed by atoms with Crippen molar-refractivity contribution >= 4 is 11.5 Å². The Kier molecular flexibility index (Phi) is 3.59. The minimum absolute atomic E-state index is 0.423. The van der Waals surface area contributed by atoms with Gasteiger partial charge in [0.05, 0.1) is 6.20 Å². The summed E-state index contributed by atoms with van der Waals surface area (Å²) in [5.74, 6) is 1.31. The highest BCUT2D eigenvalue weighted by atomic mass is 16.5. The number of anilines is 1. The third-order valence-corrected chi connectivity index (χ3v) is 2.24. The fourth-order valence-electron chi connectivity index (χ4n) is 1.48. The van der Waals surface area contributed by atoms with Gasteiger partial charge in [0.15, 0.2) is 0 Å². The molecule has 0 fully saturated rings. The Morgan fingerprint density at radius 1 is 1.59 bits per heavy atom. The predicted molar refractivity (Wildman–Crippen MR) is 67.5 cm³/mol. The molecule has 0 amide bonds. The van der Waals surface area contributed by atoms with E-state index >= 15 is 0 Å². The Hall–Kier alpha value is -2.04. The smallest absolute Gasteiger partial charge is 0.260 e. The van der Waals surface area contributed by atoms with Crippen molar-refractivity contribution in [3.05, 3.63) is 31.2 Å². The number of hydrogen-bond donors (Lipinski definition) is 1. The number of hydrogen-bond acceptors (Lipinski definition) is 4. The monoisotopic (exact) mass is 232 g/mol. The van der Waals surface area contributed by atoms with E-state index in [1.54, 1.807) is 12.3 Å². The highest BCUT2D eigenvalue weighted by Gasteiger charge is 2.07. The lowest BCUT2D eigenvalue weighted by atomic mass is 10.5. The molecule has 0 atom stereocenters. The van der Waals surface area contributed by atoms with Crippen molar-refractivity contribution in [1.82, 2.24) is 14.4 Å². The first-order chi connectivity index (χ1) is 8.35. The summed E-state index contributed by atoms with van der Waals surface area (Å²) < 4.78 is 7.39. The Labute approximate surface area is 100 Å². The lowest BCUT2D eigenvalue weighted by Gasteiger charge is -2.08. The zero-order valence-corrected chi connectivity index (χ0v) is 9.89. The first-order valence-electron chi connectivity index (χ1n) is 5.66. The molecular formula is C12H16N4O. The minimum atomic E-state index is 0.423. The van der Waals surface area contributed by atoms with Gasteiger partial charge >= 0.3 is 0 Å². The van der Waals surface area contributed by atoms with E-state index in [1.165, 1.54) is 0 Å². The van der Waals surface area contributed by atoms with E-state index in [0.29, 0.717) is 18.1 Å². The van der Waals surface area contributed by atoms with E-state index in [0.717, 1.165) is 18.8 Å². The van der Waals surface area contributed by atoms with Crippen LogP contribution < -0.4 is 10.1 Å². The third kappa shape index (κ3) is 2.55. The van der Waals surface area contributed by atoms with E-state index < -0.39 is 0 Å². The van der Waals surface area contributed by atoms with Crippen LogP contribution >= 0.6 is 0 Å². The van der Waals surface area contributed by atoms with Gasteiger partial charge in [0, 0.05) is 18.9 Å². The maximum absolute atomic E-state index is 5.49. The highest BCUT2D eigenvalue weighted by molar-refractivity contribution is 5.53. The van der Waals surface area contributed by atoms with E-state index in [-0.39, 0.29) is 0 Å². The van der Waals surface area contributed by atoms with Crippen LogP contribution in [0, 0.1) is 0 Å². The average Bonchev–Trinajstić information content (AvgIpc) is 2.81. The van der Waals surface area contributed by atoms with Crippen molar-refractivity contribution < 1.29 is 4.74 Å². The van der Waals surface area contributed by atoms with Gasteiger partial charge in [-0.3, -0.25) is 4.40 Å². The van der Waals surface area contributed by atoms with Crippen LogP contribution in [0.5, 0.6) is 5.88 Å². The maximum Gasteiger partial charge on any atom is 0.260 e. The molecule has 0 aromatic carbocycles. The topological polar surface area (TPSA) is 51.5 Å². The lowest BCUT2D eigenvalue weighted by molar-refractivity contribution is 0.351. The van der Waals surface area contributed by atoms with E-state index in [9.17, 15) is 0 Å². The van der Waals surface area contributed by atoms with Gasteiger partial charge in [0.1, 0.15) is 12.4 Å². The van der Waals surface area contributed by atoms with E-state index in [1.807, 2.05) is 16.8 Å². The molecule has 5 heteroatoms. The summed E-state index contributed by atoms with van der Waals surface area (Å²) in [6.07, 6.45) is 8.23. The molecule has 5 nitrogen and oxygen atoms in total. The van der Waals surface area contributed by atoms with Gasteiger partial charge in [-0.05, 0) is 6.42 Å². The number of ether oxygens (including phenoxy) is 1. The van der Waals surface area contributed by atoms with Crippen LogP contribution in [-0.4, -0.2) is 27.5 Å². The molecule has 0 saturated heterocycles. The first kappa shape index (κ1) is 11.4. The SMILES string of the molecule is C=CCOc1nc(NCCC)cn2ccnc12. The predicted octanol–water partition coefficient (Wildman–Crippen LogP) is 2.12. The number of aromatic nitrogens is 3. The summed E-state index contributed by atoms with van der Waals surface area (Å²) >= 11 is 0. The van der Waals surface area contributed by atoms with Crippen molar-refractivity contribution in [2.24, 2.45) is 0 Å². The van der Waals surface area contributed by atoms with Crippen LogP contribution in [0.1, 0.15) is 13.3 Å². The lowest BCUT2D eigenvalue weighted by Crippen LogP contribution is -2.06. The fraction of sp³-hybridized carbons (Fsp3) is 0.333. The van der Waals surface area contributed by atoms with Gasteiger partial charge in [-0.25, -0.2) is 4.98 Å². The molecule has 2 rings (SSSR count). The molecule has 0 radical (unpaired) electrons. The number of nitrogens with zero attached hydrogens (tertiary/aromatic N) is 3. The van der Waals surface area contributed by atoms with Crippen molar-refractivity contribution in [1.29, 1.82) is 0 Å². The number of rotatable bonds is 6. The first-order valence-corrected chi connectivity index (χ1v) is 5.66. The van der Waals surface area contributed by atoms with Crippen molar-refractivity contribution in [3.63, 3.8) is 0 Å². The molecule has 0 spiro atoms. The van der Waals surface area contributed by atoms with Gasteiger partial charge < -0.3 is 10.1 Å². The maximum atomic E-state index is 5.49. The van der Waals surface area contributed by atoms with Crippen LogP contribution in [0.3, 0.4) is 0 Å². The van der Waals surface area contributed by atoms with Crippen LogP contribution in [0.2, 0.25) is 0 Å². The summed E-state index contributed by atoms with van der Waals surface area (Å²) in [4.78, 5) is 8.59. The molecule has 17 heavy (non-hydrogen) atoms. The van der Waals surface area contributed by atoms with Crippen LogP contribution in [0.15, 0.2) is 31.2 Å². The van der Waals surface area contributed by atoms with Gasteiger partial charge in [-0.2, -0.15) is 4.98 Å². The molecule has 2 aromatic rings. The normalized spacial score (nSPS) is 10.4. The Morgan fingerprint density at radius 3 is 3.24 bits per heavy atom. The summed E-state index contributed by atoms with van der Waals surface area (Å²) in [5.41, 5.74) is 0.717. The quantitative estimate of drug-likeness (QED) is 0.775. The van der Waals surface area contributed by atoms with Gasteiger partial charge in [0.2, 0.25) is 5.65 Å². The number of nitrogens with one attached hydrogen (secondary N) is 1. The fourth-order valence-corrected chi connectivity index (χ4v) is 1.48. The second kappa shape index (κ2) is 5.34. The van der Waals surface area contributed by atoms with Crippen LogP contribution in [0.4, 0.5) is 5.82 Å². The summed E-state index contributed by atoms with van der Waals surface area (Å²) in [6, 6.07) is 0. The second-order valence-corrected chi connectivity index (χ2v) is 3.62. The summed E-state index contributed by atoms with van der Waals surface area (Å²) in [7, 11) is 0. The molecule has 2 heterocycles. The average molecular weight is 232 g/mol. The number of fused-ring (bicyclic) bond motifs is 1. The van der Waals surface area contributed by atoms with E-state index in [4.69, 9.17) is 4.74 Å². The Balaban J connectivity index is 2.32. The minimum Gasteiger partial charge on any atom is -0.471 e. The molecule has 0 aliphatic heterocycles. The molecule has 1 N–H and O–H groups in total. The number of imidazole rings is 1. The molecule has 0 aliphatic rings. The molecule has 90 valence electrons. The zero-order chi connectivity index (χ0) is 12.1. The highest BCUT2D eigenvalue weighted by Crippen LogP contribution is 2.18. The van der Waals surface area contributed by atoms with Crippen LogP contribution in [-0.2, 0) is 0 Å². The van der Waals surface area contributed by atoms with E-state index in [2.05, 4.69) is 28.8 Å². The second-order valence-electron chi connectivity index (χ2n) is 3.62. The Morgan fingerprint density at radius 2 is 2.47 bits per heavy atom. The standard InChI is InChI=1S/C12H16N4O/c1-3-5-13-10-9-16-7-6-14-11(16)12(15-10)17-8-4-2/h4,6-7,9,13H,2-3,5,8H2,1H3. The van der Waals surface area contributed by atoms with Gasteiger partial charge in [-0.15, -0.1) is 0 Å². The van der Waals surface area contributed by atoms with Crippen molar-refractivity contribution in [2.45, 2.75) is 13.3 Å². The molecule has 0 unspecified atom stereocenters. The van der Waals surface area contributed by atoms with Crippen molar-refractivity contribution in [2.75, 3.05) is 18.5 Å². The summed E-state index contributed by atoms with van der Waals surface area (Å²) in [6.45, 7) is 7.04. The van der Waals surface area contributed by atoms with Crippen molar-refractivity contribution in [3.8, 4) is 5.88 Å². The molecule has 0 bridgehead atoms. The molecular weight excluding hydrogens is 216 g/mol. The zero-order valence-electron chi connectivity index (χ0n) is 9.89. The molecule has 2 aromatic heterocycles. The molecule has 0 aliphatic carbocycles. The summed E-state index contributed by atoms with van der Waals surface area (Å²) in [5, 5.41) is 3.23. The van der Waals surface area contributed by atoms with Gasteiger partial charge in [-0.1, -0.05) is 19.6 Å². The third-order valence-electron chi connectivity index (χ3n) is 2.24. The van der Waals surface area contributed by atoms with Gasteiger partial charge in [0.25, 0.3) is 5.88 Å². The Bertz CT molecular complexity index is 506. The largest absolute Gasteiger partial charge is 0.471 e. The van der Waals surface area contributed by atoms with Crippen LogP contribution in [0.25, 0.3) is 5.65 Å².